The van der Waals surface area contributed by atoms with Crippen molar-refractivity contribution in [3.05, 3.63) is 66.7 Å². The second-order valence-corrected chi connectivity index (χ2v) is 6.92. The van der Waals surface area contributed by atoms with Crippen molar-refractivity contribution in [2.24, 2.45) is 0 Å². The molecule has 0 N–H and O–H groups in total. The number of carbonyl (C=O) groups is 2. The number of ether oxygens (including phenoxy) is 1. The Bertz CT molecular complexity index is 1010. The number of amides is 2. The molecule has 4 rings (SSSR count). The maximum Gasteiger partial charge on any atom is 0.264 e. The molecule has 1 fully saturated rings. The highest BCUT2D eigenvalue weighted by molar-refractivity contribution is 5.97. The quantitative estimate of drug-likeness (QED) is 0.678. The molecule has 1 aliphatic heterocycles. The minimum absolute atomic E-state index is 0.0503. The number of anilines is 2. The Morgan fingerprint density at radius 3 is 2.50 bits per heavy atom. The second kappa shape index (κ2) is 7.72. The molecule has 28 heavy (non-hydrogen) atoms. The van der Waals surface area contributed by atoms with Crippen LogP contribution in [0, 0.1) is 0 Å². The van der Waals surface area contributed by atoms with Crippen LogP contribution in [0.1, 0.15) is 12.8 Å². The molecule has 1 saturated heterocycles. The molecule has 5 nitrogen and oxygen atoms in total. The number of nitrogens with zero attached hydrogens (tertiary/aromatic N) is 2. The first-order chi connectivity index (χ1) is 13.6. The summed E-state index contributed by atoms with van der Waals surface area (Å²) in [6.45, 7) is 0.708. The van der Waals surface area contributed by atoms with E-state index in [0.717, 1.165) is 35.1 Å². The van der Waals surface area contributed by atoms with Crippen molar-refractivity contribution < 1.29 is 14.3 Å². The first-order valence-electron chi connectivity index (χ1n) is 9.40. The topological polar surface area (TPSA) is 49.9 Å². The average Bonchev–Trinajstić information content (AvgIpc) is 3.17. The maximum absolute atomic E-state index is 12.5. The molecule has 0 radical (unpaired) electrons. The number of carbonyl (C=O) groups excluding carboxylic acids is 2. The van der Waals surface area contributed by atoms with E-state index >= 15 is 0 Å². The standard InChI is InChI=1S/C23H22N2O3/c1-24(20-9-8-17-5-2-3-6-18(17)15-20)23(27)16-28-21-12-10-19(11-13-21)25-14-4-7-22(25)26/h2-3,5-6,8-13,15H,4,7,14,16H2,1H3. The van der Waals surface area contributed by atoms with Gasteiger partial charge in [0.25, 0.3) is 5.91 Å². The molecule has 0 bridgehead atoms. The molecule has 3 aromatic carbocycles. The predicted molar refractivity (Wildman–Crippen MR) is 111 cm³/mol. The van der Waals surface area contributed by atoms with Gasteiger partial charge in [0.05, 0.1) is 0 Å². The molecule has 0 spiro atoms. The Balaban J connectivity index is 1.38. The summed E-state index contributed by atoms with van der Waals surface area (Å²) in [4.78, 5) is 27.7. The number of rotatable bonds is 5. The van der Waals surface area contributed by atoms with E-state index in [1.54, 1.807) is 29.0 Å². The smallest absolute Gasteiger partial charge is 0.264 e. The van der Waals surface area contributed by atoms with Crippen molar-refractivity contribution in [3.8, 4) is 5.75 Å². The second-order valence-electron chi connectivity index (χ2n) is 6.92. The average molecular weight is 374 g/mol. The van der Waals surface area contributed by atoms with Crippen molar-refractivity contribution in [1.29, 1.82) is 0 Å². The van der Waals surface area contributed by atoms with Crippen molar-refractivity contribution in [3.63, 3.8) is 0 Å². The Hall–Kier alpha value is -3.34. The highest BCUT2D eigenvalue weighted by atomic mass is 16.5. The lowest BCUT2D eigenvalue weighted by Crippen LogP contribution is -2.31. The van der Waals surface area contributed by atoms with Crippen LogP contribution < -0.4 is 14.5 Å². The van der Waals surface area contributed by atoms with E-state index < -0.39 is 0 Å². The van der Waals surface area contributed by atoms with Gasteiger partial charge in [0.2, 0.25) is 5.91 Å². The van der Waals surface area contributed by atoms with Crippen LogP contribution in [-0.2, 0) is 9.59 Å². The number of likely N-dealkylation sites (N-methyl/N-ethyl adjacent to an activating group) is 1. The molecule has 0 aliphatic carbocycles. The fourth-order valence-corrected chi connectivity index (χ4v) is 3.41. The minimum Gasteiger partial charge on any atom is -0.484 e. The molecule has 0 aromatic heterocycles. The first-order valence-corrected chi connectivity index (χ1v) is 9.40. The van der Waals surface area contributed by atoms with Crippen molar-refractivity contribution in [1.82, 2.24) is 0 Å². The number of fused-ring (bicyclic) bond motifs is 1. The van der Waals surface area contributed by atoms with Gasteiger partial charge in [0, 0.05) is 31.4 Å². The van der Waals surface area contributed by atoms with Gasteiger partial charge in [-0.3, -0.25) is 9.59 Å². The summed E-state index contributed by atoms with van der Waals surface area (Å²) in [6.07, 6.45) is 1.50. The van der Waals surface area contributed by atoms with Gasteiger partial charge in [-0.25, -0.2) is 0 Å². The lowest BCUT2D eigenvalue weighted by Gasteiger charge is -2.19. The third-order valence-corrected chi connectivity index (χ3v) is 5.08. The van der Waals surface area contributed by atoms with E-state index in [-0.39, 0.29) is 18.4 Å². The van der Waals surface area contributed by atoms with Crippen molar-refractivity contribution >= 4 is 34.0 Å². The van der Waals surface area contributed by atoms with Crippen LogP contribution in [0.4, 0.5) is 11.4 Å². The zero-order chi connectivity index (χ0) is 19.5. The highest BCUT2D eigenvalue weighted by Crippen LogP contribution is 2.24. The summed E-state index contributed by atoms with van der Waals surface area (Å²) in [7, 11) is 1.75. The molecule has 0 atom stereocenters. The zero-order valence-electron chi connectivity index (χ0n) is 15.8. The SMILES string of the molecule is CN(C(=O)COc1ccc(N2CCCC2=O)cc1)c1ccc2ccccc2c1. The highest BCUT2D eigenvalue weighted by Gasteiger charge is 2.21. The van der Waals surface area contributed by atoms with Crippen LogP contribution in [0.2, 0.25) is 0 Å². The van der Waals surface area contributed by atoms with Crippen molar-refractivity contribution in [2.75, 3.05) is 30.0 Å². The van der Waals surface area contributed by atoms with Crippen LogP contribution in [0.15, 0.2) is 66.7 Å². The monoisotopic (exact) mass is 374 g/mol. The summed E-state index contributed by atoms with van der Waals surface area (Å²) >= 11 is 0. The molecule has 0 saturated carbocycles. The largest absolute Gasteiger partial charge is 0.484 e. The normalized spacial score (nSPS) is 13.8. The Morgan fingerprint density at radius 1 is 1.04 bits per heavy atom. The van der Waals surface area contributed by atoms with Gasteiger partial charge in [-0.1, -0.05) is 30.3 Å². The third-order valence-electron chi connectivity index (χ3n) is 5.08. The van der Waals surface area contributed by atoms with E-state index in [1.165, 1.54) is 0 Å². The Labute approximate surface area is 164 Å². The molecule has 1 aliphatic rings. The fourth-order valence-electron chi connectivity index (χ4n) is 3.41. The number of hydrogen-bond acceptors (Lipinski definition) is 3. The molecule has 142 valence electrons. The van der Waals surface area contributed by atoms with Crippen LogP contribution in [0.3, 0.4) is 0 Å². The minimum atomic E-state index is -0.130. The molecular formula is C23H22N2O3. The molecule has 5 heteroatoms. The number of benzene rings is 3. The summed E-state index contributed by atoms with van der Waals surface area (Å²) in [5.74, 6) is 0.630. The lowest BCUT2D eigenvalue weighted by molar-refractivity contribution is -0.120. The van der Waals surface area contributed by atoms with Gasteiger partial charge in [-0.05, 0) is 53.6 Å². The van der Waals surface area contributed by atoms with E-state index in [1.807, 2.05) is 54.6 Å². The van der Waals surface area contributed by atoms with E-state index in [2.05, 4.69) is 0 Å². The summed E-state index contributed by atoms with van der Waals surface area (Å²) < 4.78 is 5.65. The molecule has 0 unspecified atom stereocenters. The van der Waals surface area contributed by atoms with Gasteiger partial charge >= 0.3 is 0 Å². The van der Waals surface area contributed by atoms with Gasteiger partial charge in [0.1, 0.15) is 5.75 Å². The van der Waals surface area contributed by atoms with E-state index in [9.17, 15) is 9.59 Å². The Kier molecular flexibility index (Phi) is 4.98. The van der Waals surface area contributed by atoms with Gasteiger partial charge < -0.3 is 14.5 Å². The van der Waals surface area contributed by atoms with E-state index in [4.69, 9.17) is 4.74 Å². The maximum atomic E-state index is 12.5. The summed E-state index contributed by atoms with van der Waals surface area (Å²) in [5, 5.41) is 2.23. The zero-order valence-corrected chi connectivity index (χ0v) is 15.8. The summed E-state index contributed by atoms with van der Waals surface area (Å²) in [5.41, 5.74) is 1.70. The van der Waals surface area contributed by atoms with Gasteiger partial charge in [-0.2, -0.15) is 0 Å². The Morgan fingerprint density at radius 2 is 1.79 bits per heavy atom. The predicted octanol–water partition coefficient (Wildman–Crippen LogP) is 4.01. The molecule has 1 heterocycles. The van der Waals surface area contributed by atoms with Crippen LogP contribution >= 0.6 is 0 Å². The van der Waals surface area contributed by atoms with Gasteiger partial charge in [0.15, 0.2) is 6.61 Å². The number of hydrogen-bond donors (Lipinski definition) is 0. The van der Waals surface area contributed by atoms with Crippen LogP contribution in [0.5, 0.6) is 5.75 Å². The van der Waals surface area contributed by atoms with Crippen LogP contribution in [0.25, 0.3) is 10.8 Å². The third kappa shape index (κ3) is 3.69. The van der Waals surface area contributed by atoms with Crippen molar-refractivity contribution in [2.45, 2.75) is 12.8 Å². The fraction of sp³-hybridized carbons (Fsp3) is 0.217. The summed E-state index contributed by atoms with van der Waals surface area (Å²) in [6, 6.07) is 21.3. The first kappa shape index (κ1) is 18.0. The van der Waals surface area contributed by atoms with E-state index in [0.29, 0.717) is 12.2 Å². The lowest BCUT2D eigenvalue weighted by atomic mass is 10.1. The molecular weight excluding hydrogens is 352 g/mol. The van der Waals surface area contributed by atoms with Gasteiger partial charge in [-0.15, -0.1) is 0 Å². The van der Waals surface area contributed by atoms with Crippen LogP contribution in [-0.4, -0.2) is 32.0 Å². The molecule has 2 amide bonds. The molecule has 3 aromatic rings.